The number of aromatic nitrogens is 1. The van der Waals surface area contributed by atoms with Gasteiger partial charge in [0.1, 0.15) is 5.82 Å². The fraction of sp³-hybridized carbons (Fsp3) is 0.682. The SMILES string of the molecule is C[C@@H]1CN(c2ccc(NC(=O)[C@@H]3CCCN(C(=O)C(C)(C)C)C3)cn2)C[C@@H](C)O1. The molecule has 160 valence electrons. The largest absolute Gasteiger partial charge is 0.372 e. The van der Waals surface area contributed by atoms with Crippen LogP contribution in [0.25, 0.3) is 0 Å². The second-order valence-electron chi connectivity index (χ2n) is 9.40. The minimum Gasteiger partial charge on any atom is -0.372 e. The number of piperidine rings is 1. The Kier molecular flexibility index (Phi) is 6.46. The number of likely N-dealkylation sites (tertiary alicyclic amines) is 1. The number of rotatable bonds is 3. The van der Waals surface area contributed by atoms with Crippen molar-refractivity contribution >= 4 is 23.3 Å². The van der Waals surface area contributed by atoms with Crippen LogP contribution in [-0.4, -0.2) is 60.1 Å². The average molecular weight is 403 g/mol. The normalized spacial score (nSPS) is 25.6. The third kappa shape index (κ3) is 5.47. The first kappa shape index (κ1) is 21.6. The first-order valence-corrected chi connectivity index (χ1v) is 10.6. The van der Waals surface area contributed by atoms with Gasteiger partial charge in [0.25, 0.3) is 0 Å². The molecule has 1 N–H and O–H groups in total. The van der Waals surface area contributed by atoms with Crippen LogP contribution < -0.4 is 10.2 Å². The molecule has 3 rings (SSSR count). The van der Waals surface area contributed by atoms with Crippen LogP contribution in [0.5, 0.6) is 0 Å². The third-order valence-corrected chi connectivity index (χ3v) is 5.48. The highest BCUT2D eigenvalue weighted by atomic mass is 16.5. The number of nitrogens with zero attached hydrogens (tertiary/aromatic N) is 3. The van der Waals surface area contributed by atoms with Gasteiger partial charge in [-0.05, 0) is 38.8 Å². The van der Waals surface area contributed by atoms with Gasteiger partial charge < -0.3 is 19.9 Å². The van der Waals surface area contributed by atoms with Crippen molar-refractivity contribution in [3.05, 3.63) is 18.3 Å². The van der Waals surface area contributed by atoms with Gasteiger partial charge in [-0.25, -0.2) is 4.98 Å². The van der Waals surface area contributed by atoms with Crippen molar-refractivity contribution in [2.75, 3.05) is 36.4 Å². The van der Waals surface area contributed by atoms with Crippen molar-refractivity contribution in [2.45, 2.75) is 59.7 Å². The molecular formula is C22H34N4O3. The number of amides is 2. The Bertz CT molecular complexity index is 719. The molecule has 0 aliphatic carbocycles. The molecule has 1 aromatic rings. The monoisotopic (exact) mass is 402 g/mol. The summed E-state index contributed by atoms with van der Waals surface area (Å²) in [6.45, 7) is 12.7. The summed E-state index contributed by atoms with van der Waals surface area (Å²) < 4.78 is 5.77. The lowest BCUT2D eigenvalue weighted by atomic mass is 9.91. The van der Waals surface area contributed by atoms with E-state index in [1.54, 1.807) is 6.20 Å². The van der Waals surface area contributed by atoms with Gasteiger partial charge in [0.15, 0.2) is 0 Å². The molecule has 29 heavy (non-hydrogen) atoms. The van der Waals surface area contributed by atoms with Gasteiger partial charge in [-0.15, -0.1) is 0 Å². The van der Waals surface area contributed by atoms with E-state index in [1.165, 1.54) is 0 Å². The fourth-order valence-corrected chi connectivity index (χ4v) is 4.11. The Morgan fingerprint density at radius 1 is 1.14 bits per heavy atom. The van der Waals surface area contributed by atoms with Crippen molar-refractivity contribution in [3.63, 3.8) is 0 Å². The summed E-state index contributed by atoms with van der Waals surface area (Å²) in [6, 6.07) is 3.84. The first-order chi connectivity index (χ1) is 13.6. The highest BCUT2D eigenvalue weighted by Gasteiger charge is 2.33. The smallest absolute Gasteiger partial charge is 0.229 e. The zero-order valence-electron chi connectivity index (χ0n) is 18.3. The van der Waals surface area contributed by atoms with Gasteiger partial charge >= 0.3 is 0 Å². The lowest BCUT2D eigenvalue weighted by Crippen LogP contribution is -2.47. The van der Waals surface area contributed by atoms with Crippen molar-refractivity contribution in [2.24, 2.45) is 11.3 Å². The number of nitrogens with one attached hydrogen (secondary N) is 1. The predicted octanol–water partition coefficient (Wildman–Crippen LogP) is 2.92. The Morgan fingerprint density at radius 3 is 2.41 bits per heavy atom. The van der Waals surface area contributed by atoms with Gasteiger partial charge in [-0.1, -0.05) is 20.8 Å². The molecule has 2 aliphatic rings. The third-order valence-electron chi connectivity index (χ3n) is 5.48. The van der Waals surface area contributed by atoms with Crippen LogP contribution in [0.3, 0.4) is 0 Å². The van der Waals surface area contributed by atoms with Crippen molar-refractivity contribution in [1.82, 2.24) is 9.88 Å². The number of carbonyl (C=O) groups is 2. The molecule has 2 fully saturated rings. The van der Waals surface area contributed by atoms with Crippen molar-refractivity contribution < 1.29 is 14.3 Å². The van der Waals surface area contributed by atoms with Gasteiger partial charge in [0.2, 0.25) is 11.8 Å². The lowest BCUT2D eigenvalue weighted by molar-refractivity contribution is -0.142. The summed E-state index contributed by atoms with van der Waals surface area (Å²) in [5.41, 5.74) is 0.263. The van der Waals surface area contributed by atoms with E-state index >= 15 is 0 Å². The molecule has 0 saturated carbocycles. The van der Waals surface area contributed by atoms with Gasteiger partial charge in [0, 0.05) is 31.6 Å². The molecule has 0 unspecified atom stereocenters. The summed E-state index contributed by atoms with van der Waals surface area (Å²) in [4.78, 5) is 33.9. The van der Waals surface area contributed by atoms with Crippen LogP contribution in [-0.2, 0) is 14.3 Å². The van der Waals surface area contributed by atoms with E-state index in [2.05, 4.69) is 29.0 Å². The van der Waals surface area contributed by atoms with Gasteiger partial charge in [-0.3, -0.25) is 9.59 Å². The number of carbonyl (C=O) groups excluding carboxylic acids is 2. The topological polar surface area (TPSA) is 74.8 Å². The maximum atomic E-state index is 12.8. The second kappa shape index (κ2) is 8.69. The van der Waals surface area contributed by atoms with Crippen LogP contribution in [0, 0.1) is 11.3 Å². The molecule has 2 saturated heterocycles. The van der Waals surface area contributed by atoms with E-state index in [0.717, 1.165) is 38.3 Å². The number of hydrogen-bond acceptors (Lipinski definition) is 5. The van der Waals surface area contributed by atoms with Crippen LogP contribution >= 0.6 is 0 Å². The van der Waals surface area contributed by atoms with Crippen molar-refractivity contribution in [1.29, 1.82) is 0 Å². The summed E-state index contributed by atoms with van der Waals surface area (Å²) in [7, 11) is 0. The van der Waals surface area contributed by atoms with E-state index in [9.17, 15) is 9.59 Å². The molecule has 0 bridgehead atoms. The van der Waals surface area contributed by atoms with E-state index in [1.807, 2.05) is 37.8 Å². The summed E-state index contributed by atoms with van der Waals surface area (Å²) >= 11 is 0. The second-order valence-corrected chi connectivity index (χ2v) is 9.40. The van der Waals surface area contributed by atoms with Crippen molar-refractivity contribution in [3.8, 4) is 0 Å². The molecule has 0 aromatic carbocycles. The molecule has 2 aliphatic heterocycles. The molecule has 2 amide bonds. The Hall–Kier alpha value is -2.15. The molecule has 0 radical (unpaired) electrons. The van der Waals surface area contributed by atoms with Crippen LogP contribution in [0.1, 0.15) is 47.5 Å². The maximum Gasteiger partial charge on any atom is 0.229 e. The first-order valence-electron chi connectivity index (χ1n) is 10.6. The molecule has 3 atom stereocenters. The number of hydrogen-bond donors (Lipinski definition) is 1. The molecule has 1 aromatic heterocycles. The van der Waals surface area contributed by atoms with E-state index in [4.69, 9.17) is 4.74 Å². The van der Waals surface area contributed by atoms with Crippen LogP contribution in [0.2, 0.25) is 0 Å². The molecule has 0 spiro atoms. The zero-order chi connectivity index (χ0) is 21.2. The van der Waals surface area contributed by atoms with E-state index in [0.29, 0.717) is 12.2 Å². The van der Waals surface area contributed by atoms with Gasteiger partial charge in [0.05, 0.1) is 30.0 Å². The highest BCUT2D eigenvalue weighted by molar-refractivity contribution is 5.93. The molecule has 3 heterocycles. The quantitative estimate of drug-likeness (QED) is 0.841. The zero-order valence-corrected chi connectivity index (χ0v) is 18.3. The fourth-order valence-electron chi connectivity index (χ4n) is 4.11. The van der Waals surface area contributed by atoms with Gasteiger partial charge in [-0.2, -0.15) is 0 Å². The van der Waals surface area contributed by atoms with Crippen LogP contribution in [0.4, 0.5) is 11.5 Å². The Labute approximate surface area is 173 Å². The average Bonchev–Trinajstić information content (AvgIpc) is 2.66. The summed E-state index contributed by atoms with van der Waals surface area (Å²) in [6.07, 6.45) is 3.70. The van der Waals surface area contributed by atoms with E-state index in [-0.39, 0.29) is 29.9 Å². The number of anilines is 2. The number of morpholine rings is 1. The number of ether oxygens (including phenoxy) is 1. The minimum absolute atomic E-state index is 0.0421. The minimum atomic E-state index is -0.424. The van der Waals surface area contributed by atoms with Crippen LogP contribution in [0.15, 0.2) is 18.3 Å². The lowest BCUT2D eigenvalue weighted by Gasteiger charge is -2.36. The highest BCUT2D eigenvalue weighted by Crippen LogP contribution is 2.25. The summed E-state index contributed by atoms with van der Waals surface area (Å²) in [5, 5.41) is 2.97. The predicted molar refractivity (Wildman–Crippen MR) is 114 cm³/mol. The number of pyridine rings is 1. The van der Waals surface area contributed by atoms with E-state index < -0.39 is 5.41 Å². The molecule has 7 heteroatoms. The maximum absolute atomic E-state index is 12.8. The molecular weight excluding hydrogens is 368 g/mol. The Balaban J connectivity index is 1.58. The standard InChI is InChI=1S/C22H34N4O3/c1-15-12-26(13-16(2)29-15)19-9-8-18(11-23-19)24-20(27)17-7-6-10-25(14-17)21(28)22(3,4)5/h8-9,11,15-17H,6-7,10,12-14H2,1-5H3,(H,24,27)/t15-,16-,17-/m1/s1. The molecule has 7 nitrogen and oxygen atoms in total. The Morgan fingerprint density at radius 2 is 1.83 bits per heavy atom. The summed E-state index contributed by atoms with van der Waals surface area (Å²) in [5.74, 6) is 0.773.